The zero-order valence-electron chi connectivity index (χ0n) is 20.4. The van der Waals surface area contributed by atoms with E-state index in [1.807, 2.05) is 0 Å². The molecule has 13 heteroatoms. The number of fused-ring (bicyclic) bond motifs is 1. The summed E-state index contributed by atoms with van der Waals surface area (Å²) < 4.78 is 41.2. The zero-order chi connectivity index (χ0) is 27.4. The van der Waals surface area contributed by atoms with Crippen molar-refractivity contribution in [2.75, 3.05) is 13.7 Å². The minimum Gasteiger partial charge on any atom is -0.491 e. The van der Waals surface area contributed by atoms with Crippen LogP contribution in [0.25, 0.3) is 5.52 Å². The first-order valence-corrected chi connectivity index (χ1v) is 11.4. The number of halogens is 2. The third-order valence-electron chi connectivity index (χ3n) is 5.87. The highest BCUT2D eigenvalue weighted by Gasteiger charge is 2.21. The minimum atomic E-state index is -0.843. The minimum absolute atomic E-state index is 0.0213. The van der Waals surface area contributed by atoms with Crippen molar-refractivity contribution in [1.29, 1.82) is 0 Å². The standard InChI is InChI=1S/C25H23F2N5O6/c1-15(5-10-38-25(36)31-7-6-28-14-31)32-9-8-30-13-18(21(33)22(37-2)20(30)24(32)35)23(34)29-12-16-3-4-17(26)11-19(16)27/h3-4,6-9,11,13-15H,5,10,12H2,1-2H3,(H,29,34)/t15-/m1/s1. The molecule has 1 atom stereocenters. The number of aromatic nitrogens is 4. The lowest BCUT2D eigenvalue weighted by atomic mass is 10.1. The molecule has 1 aromatic carbocycles. The third-order valence-corrected chi connectivity index (χ3v) is 5.87. The molecular weight excluding hydrogens is 504 g/mol. The number of rotatable bonds is 8. The molecule has 0 aliphatic carbocycles. The monoisotopic (exact) mass is 527 g/mol. The second-order valence-electron chi connectivity index (χ2n) is 8.31. The lowest BCUT2D eigenvalue weighted by Crippen LogP contribution is -2.32. The quantitative estimate of drug-likeness (QED) is 0.373. The summed E-state index contributed by atoms with van der Waals surface area (Å²) in [4.78, 5) is 54.8. The number of methoxy groups -OCH3 is 1. The van der Waals surface area contributed by atoms with Gasteiger partial charge in [-0.15, -0.1) is 0 Å². The van der Waals surface area contributed by atoms with E-state index in [2.05, 4.69) is 10.3 Å². The van der Waals surface area contributed by atoms with E-state index in [9.17, 15) is 28.0 Å². The summed E-state index contributed by atoms with van der Waals surface area (Å²) >= 11 is 0. The summed E-state index contributed by atoms with van der Waals surface area (Å²) in [5.74, 6) is -2.78. The van der Waals surface area contributed by atoms with Crippen LogP contribution in [0.2, 0.25) is 0 Å². The van der Waals surface area contributed by atoms with Crippen LogP contribution in [0.15, 0.2) is 65.1 Å². The fourth-order valence-corrected chi connectivity index (χ4v) is 3.80. The highest BCUT2D eigenvalue weighted by Crippen LogP contribution is 2.16. The van der Waals surface area contributed by atoms with Crippen LogP contribution >= 0.6 is 0 Å². The van der Waals surface area contributed by atoms with E-state index in [4.69, 9.17) is 9.47 Å². The number of carbonyl (C=O) groups is 2. The molecule has 1 amide bonds. The largest absolute Gasteiger partial charge is 0.491 e. The first-order valence-electron chi connectivity index (χ1n) is 11.4. The number of imidazole rings is 1. The molecule has 38 heavy (non-hydrogen) atoms. The van der Waals surface area contributed by atoms with Crippen molar-refractivity contribution in [1.82, 2.24) is 23.8 Å². The highest BCUT2D eigenvalue weighted by molar-refractivity contribution is 5.94. The molecule has 3 heterocycles. The van der Waals surface area contributed by atoms with Gasteiger partial charge in [0.1, 0.15) is 23.5 Å². The van der Waals surface area contributed by atoms with Gasteiger partial charge in [0, 0.05) is 61.6 Å². The van der Waals surface area contributed by atoms with Crippen LogP contribution in [0.3, 0.4) is 0 Å². The Morgan fingerprint density at radius 3 is 2.63 bits per heavy atom. The second kappa shape index (κ2) is 11.1. The van der Waals surface area contributed by atoms with E-state index in [0.717, 1.165) is 6.07 Å². The molecule has 0 bridgehead atoms. The number of amides is 1. The lowest BCUT2D eigenvalue weighted by Gasteiger charge is -2.17. The van der Waals surface area contributed by atoms with Crippen LogP contribution < -0.4 is 21.0 Å². The summed E-state index contributed by atoms with van der Waals surface area (Å²) in [5.41, 5.74) is -1.79. The van der Waals surface area contributed by atoms with Crippen LogP contribution in [-0.2, 0) is 11.3 Å². The molecule has 0 saturated carbocycles. The van der Waals surface area contributed by atoms with Gasteiger partial charge >= 0.3 is 6.09 Å². The third kappa shape index (κ3) is 5.31. The maximum atomic E-state index is 13.9. The van der Waals surface area contributed by atoms with Gasteiger partial charge in [0.15, 0.2) is 11.3 Å². The smallest absolute Gasteiger partial charge is 0.419 e. The Kier molecular flexibility index (Phi) is 7.65. The van der Waals surface area contributed by atoms with Crippen molar-refractivity contribution in [3.63, 3.8) is 0 Å². The van der Waals surface area contributed by atoms with Crippen molar-refractivity contribution in [3.8, 4) is 5.75 Å². The molecule has 1 N–H and O–H groups in total. The molecule has 198 valence electrons. The van der Waals surface area contributed by atoms with Crippen molar-refractivity contribution >= 4 is 17.5 Å². The number of nitrogens with zero attached hydrogens (tertiary/aromatic N) is 4. The van der Waals surface area contributed by atoms with E-state index in [1.165, 1.54) is 64.0 Å². The number of pyridine rings is 1. The Morgan fingerprint density at radius 2 is 1.95 bits per heavy atom. The Hall–Kier alpha value is -4.81. The first kappa shape index (κ1) is 26.3. The Morgan fingerprint density at radius 1 is 1.16 bits per heavy atom. The van der Waals surface area contributed by atoms with Gasteiger partial charge in [-0.2, -0.15) is 0 Å². The summed E-state index contributed by atoms with van der Waals surface area (Å²) in [6.07, 6.45) is 8.00. The summed E-state index contributed by atoms with van der Waals surface area (Å²) in [6.45, 7) is 1.47. The van der Waals surface area contributed by atoms with Gasteiger partial charge in [0.05, 0.1) is 13.7 Å². The number of carbonyl (C=O) groups excluding carboxylic acids is 2. The van der Waals surface area contributed by atoms with E-state index in [1.54, 1.807) is 6.92 Å². The SMILES string of the molecule is COc1c(=O)c(C(=O)NCc2ccc(F)cc2F)cn2ccn([C@H](C)CCOC(=O)n3ccnc3)c(=O)c12. The normalized spacial score (nSPS) is 11.8. The lowest BCUT2D eigenvalue weighted by molar-refractivity contribution is 0.0948. The van der Waals surface area contributed by atoms with Crippen molar-refractivity contribution < 1.29 is 27.8 Å². The van der Waals surface area contributed by atoms with Gasteiger partial charge in [0.2, 0.25) is 5.43 Å². The number of ether oxygens (including phenoxy) is 2. The number of nitrogens with one attached hydrogen (secondary N) is 1. The topological polar surface area (TPSA) is 126 Å². The molecule has 4 aromatic rings. The van der Waals surface area contributed by atoms with Crippen LogP contribution in [0.4, 0.5) is 13.6 Å². The van der Waals surface area contributed by atoms with Gasteiger partial charge in [-0.3, -0.25) is 14.4 Å². The van der Waals surface area contributed by atoms with E-state index < -0.39 is 40.7 Å². The Balaban J connectivity index is 1.55. The van der Waals surface area contributed by atoms with Crippen LogP contribution in [0.5, 0.6) is 5.75 Å². The fraction of sp³-hybridized carbons (Fsp3) is 0.240. The summed E-state index contributed by atoms with van der Waals surface area (Å²) in [6, 6.07) is 2.50. The Bertz CT molecular complexity index is 1610. The zero-order valence-corrected chi connectivity index (χ0v) is 20.4. The van der Waals surface area contributed by atoms with Crippen LogP contribution in [0, 0.1) is 11.6 Å². The van der Waals surface area contributed by atoms with Crippen molar-refractivity contribution in [2.45, 2.75) is 25.9 Å². The predicted octanol–water partition coefficient (Wildman–Crippen LogP) is 2.51. The van der Waals surface area contributed by atoms with Crippen LogP contribution in [-0.4, -0.2) is 44.2 Å². The first-order chi connectivity index (χ1) is 18.2. The second-order valence-corrected chi connectivity index (χ2v) is 8.31. The molecule has 0 unspecified atom stereocenters. The fourth-order valence-electron chi connectivity index (χ4n) is 3.80. The van der Waals surface area contributed by atoms with Gasteiger partial charge in [0.25, 0.3) is 11.5 Å². The van der Waals surface area contributed by atoms with E-state index in [-0.39, 0.29) is 35.5 Å². The average Bonchev–Trinajstić information content (AvgIpc) is 3.43. The molecule has 0 aliphatic heterocycles. The molecule has 0 saturated heterocycles. The van der Waals surface area contributed by atoms with Crippen molar-refractivity contribution in [3.05, 3.63) is 98.8 Å². The van der Waals surface area contributed by atoms with E-state index in [0.29, 0.717) is 12.5 Å². The molecule has 0 radical (unpaired) electrons. The van der Waals surface area contributed by atoms with E-state index >= 15 is 0 Å². The molecule has 11 nitrogen and oxygen atoms in total. The maximum absolute atomic E-state index is 13.9. The maximum Gasteiger partial charge on any atom is 0.419 e. The predicted molar refractivity (Wildman–Crippen MR) is 130 cm³/mol. The Labute approximate surface area is 213 Å². The van der Waals surface area contributed by atoms with Gasteiger partial charge in [-0.05, 0) is 13.0 Å². The molecule has 0 aliphatic rings. The number of hydrogen-bond acceptors (Lipinski definition) is 7. The van der Waals surface area contributed by atoms with Gasteiger partial charge in [-0.1, -0.05) is 6.07 Å². The summed E-state index contributed by atoms with van der Waals surface area (Å²) in [5, 5.41) is 2.42. The van der Waals surface area contributed by atoms with Gasteiger partial charge < -0.3 is 23.8 Å². The van der Waals surface area contributed by atoms with Gasteiger partial charge in [-0.25, -0.2) is 23.1 Å². The van der Waals surface area contributed by atoms with Crippen LogP contribution in [0.1, 0.15) is 35.3 Å². The average molecular weight is 527 g/mol. The molecule has 0 fully saturated rings. The molecule has 4 rings (SSSR count). The molecule has 0 spiro atoms. The number of benzene rings is 1. The molecule has 3 aromatic heterocycles. The van der Waals surface area contributed by atoms with Crippen molar-refractivity contribution in [2.24, 2.45) is 0 Å². The molecular formula is C25H23F2N5O6. The highest BCUT2D eigenvalue weighted by atomic mass is 19.1. The number of hydrogen-bond donors (Lipinski definition) is 1. The summed E-state index contributed by atoms with van der Waals surface area (Å²) in [7, 11) is 1.20.